The number of aliphatic hydroxyl groups excluding tert-OH is 1. The number of carbonyl (C=O) groups is 1. The van der Waals surface area contributed by atoms with Gasteiger partial charge in [0.2, 0.25) is 5.91 Å². The molecule has 0 bridgehead atoms. The number of aliphatic hydroxyl groups is 1. The summed E-state index contributed by atoms with van der Waals surface area (Å²) in [7, 11) is 1.99. The van der Waals surface area contributed by atoms with Crippen molar-refractivity contribution in [1.29, 1.82) is 0 Å². The molecule has 19 heavy (non-hydrogen) atoms. The Kier molecular flexibility index (Phi) is 3.03. The van der Waals surface area contributed by atoms with Crippen LogP contribution in [0.5, 0.6) is 0 Å². The number of rotatable bonds is 4. The van der Waals surface area contributed by atoms with Gasteiger partial charge in [-0.05, 0) is 42.0 Å². The van der Waals surface area contributed by atoms with Crippen LogP contribution in [-0.2, 0) is 11.8 Å². The normalized spacial score (nSPS) is 16.5. The van der Waals surface area contributed by atoms with E-state index in [1.165, 1.54) is 0 Å². The predicted molar refractivity (Wildman–Crippen MR) is 73.6 cm³/mol. The van der Waals surface area contributed by atoms with Crippen LogP contribution in [0.3, 0.4) is 0 Å². The van der Waals surface area contributed by atoms with E-state index in [1.807, 2.05) is 42.1 Å². The van der Waals surface area contributed by atoms with Gasteiger partial charge in [-0.25, -0.2) is 0 Å². The SMILES string of the molecule is Cn1ccc2cc([C@@H](O)CNC(=O)C3CC3)ccc21. The van der Waals surface area contributed by atoms with Crippen LogP contribution in [-0.4, -0.2) is 22.1 Å². The number of carbonyl (C=O) groups excluding carboxylic acids is 1. The van der Waals surface area contributed by atoms with Gasteiger partial charge in [0.1, 0.15) is 0 Å². The Morgan fingerprint density at radius 1 is 1.47 bits per heavy atom. The number of fused-ring (bicyclic) bond motifs is 1. The molecule has 0 spiro atoms. The van der Waals surface area contributed by atoms with Crippen LogP contribution < -0.4 is 5.32 Å². The lowest BCUT2D eigenvalue weighted by Gasteiger charge is -2.12. The molecule has 0 unspecified atom stereocenters. The molecule has 1 aromatic carbocycles. The van der Waals surface area contributed by atoms with Crippen molar-refractivity contribution in [3.8, 4) is 0 Å². The van der Waals surface area contributed by atoms with Gasteiger partial charge in [-0.1, -0.05) is 6.07 Å². The van der Waals surface area contributed by atoms with E-state index in [2.05, 4.69) is 5.32 Å². The third-order valence-electron chi connectivity index (χ3n) is 3.71. The fourth-order valence-electron chi connectivity index (χ4n) is 2.31. The standard InChI is InChI=1S/C15H18N2O2/c1-17-7-6-11-8-12(4-5-13(11)17)14(18)9-16-15(19)10-2-3-10/h4-8,10,14,18H,2-3,9H2,1H3,(H,16,19)/t14-/m0/s1. The second-order valence-corrected chi connectivity index (χ2v) is 5.28. The molecular weight excluding hydrogens is 240 g/mol. The summed E-state index contributed by atoms with van der Waals surface area (Å²) >= 11 is 0. The van der Waals surface area contributed by atoms with Crippen molar-refractivity contribution >= 4 is 16.8 Å². The van der Waals surface area contributed by atoms with Crippen molar-refractivity contribution in [3.63, 3.8) is 0 Å². The molecule has 4 nitrogen and oxygen atoms in total. The molecule has 2 N–H and O–H groups in total. The zero-order valence-corrected chi connectivity index (χ0v) is 11.0. The highest BCUT2D eigenvalue weighted by molar-refractivity contribution is 5.81. The summed E-state index contributed by atoms with van der Waals surface area (Å²) in [4.78, 5) is 11.5. The Bertz CT molecular complexity index is 614. The van der Waals surface area contributed by atoms with Gasteiger partial charge in [0, 0.05) is 31.2 Å². The molecule has 2 aromatic rings. The van der Waals surface area contributed by atoms with E-state index in [0.29, 0.717) is 0 Å². The number of aryl methyl sites for hydroxylation is 1. The van der Waals surface area contributed by atoms with E-state index in [9.17, 15) is 9.90 Å². The van der Waals surface area contributed by atoms with Crippen molar-refractivity contribution < 1.29 is 9.90 Å². The first-order valence-corrected chi connectivity index (χ1v) is 6.66. The largest absolute Gasteiger partial charge is 0.387 e. The fourth-order valence-corrected chi connectivity index (χ4v) is 2.31. The summed E-state index contributed by atoms with van der Waals surface area (Å²) in [6, 6.07) is 7.91. The second-order valence-electron chi connectivity index (χ2n) is 5.28. The topological polar surface area (TPSA) is 54.3 Å². The van der Waals surface area contributed by atoms with Gasteiger partial charge in [-0.15, -0.1) is 0 Å². The zero-order valence-electron chi connectivity index (χ0n) is 11.0. The van der Waals surface area contributed by atoms with Crippen LogP contribution in [0.1, 0.15) is 24.5 Å². The molecule has 1 amide bonds. The lowest BCUT2D eigenvalue weighted by molar-refractivity contribution is -0.122. The van der Waals surface area contributed by atoms with Crippen molar-refractivity contribution in [2.45, 2.75) is 18.9 Å². The maximum Gasteiger partial charge on any atom is 0.223 e. The third kappa shape index (κ3) is 2.49. The first-order chi connectivity index (χ1) is 9.15. The highest BCUT2D eigenvalue weighted by atomic mass is 16.3. The molecule has 1 atom stereocenters. The molecule has 1 aliphatic carbocycles. The maximum atomic E-state index is 11.5. The molecule has 1 fully saturated rings. The van der Waals surface area contributed by atoms with Gasteiger partial charge in [-0.3, -0.25) is 4.79 Å². The van der Waals surface area contributed by atoms with Crippen molar-refractivity contribution in [3.05, 3.63) is 36.0 Å². The molecule has 0 aliphatic heterocycles. The number of benzene rings is 1. The third-order valence-corrected chi connectivity index (χ3v) is 3.71. The smallest absolute Gasteiger partial charge is 0.223 e. The van der Waals surface area contributed by atoms with Crippen LogP contribution in [0, 0.1) is 5.92 Å². The van der Waals surface area contributed by atoms with Crippen LogP contribution in [0.2, 0.25) is 0 Å². The number of nitrogens with zero attached hydrogens (tertiary/aromatic N) is 1. The molecule has 1 aromatic heterocycles. The van der Waals surface area contributed by atoms with E-state index < -0.39 is 6.10 Å². The van der Waals surface area contributed by atoms with Crippen molar-refractivity contribution in [2.24, 2.45) is 13.0 Å². The van der Waals surface area contributed by atoms with Crippen LogP contribution in [0.25, 0.3) is 10.9 Å². The molecule has 0 radical (unpaired) electrons. The molecule has 4 heteroatoms. The summed E-state index contributed by atoms with van der Waals surface area (Å²) in [5.74, 6) is 0.253. The van der Waals surface area contributed by atoms with Gasteiger partial charge in [0.15, 0.2) is 0 Å². The number of amides is 1. The average molecular weight is 258 g/mol. The molecular formula is C15H18N2O2. The number of aromatic nitrogens is 1. The minimum absolute atomic E-state index is 0.0693. The van der Waals surface area contributed by atoms with Crippen LogP contribution in [0.4, 0.5) is 0 Å². The van der Waals surface area contributed by atoms with Crippen molar-refractivity contribution in [2.75, 3.05) is 6.54 Å². The molecule has 1 saturated carbocycles. The molecule has 1 heterocycles. The summed E-state index contributed by atoms with van der Waals surface area (Å²) < 4.78 is 2.04. The summed E-state index contributed by atoms with van der Waals surface area (Å²) in [5.41, 5.74) is 1.98. The van der Waals surface area contributed by atoms with E-state index in [-0.39, 0.29) is 18.4 Å². The molecule has 100 valence electrons. The highest BCUT2D eigenvalue weighted by Gasteiger charge is 2.29. The Morgan fingerprint density at radius 2 is 2.26 bits per heavy atom. The zero-order chi connectivity index (χ0) is 13.4. The minimum atomic E-state index is -0.646. The van der Waals surface area contributed by atoms with Crippen LogP contribution in [0.15, 0.2) is 30.5 Å². The monoisotopic (exact) mass is 258 g/mol. The van der Waals surface area contributed by atoms with Crippen molar-refractivity contribution in [1.82, 2.24) is 9.88 Å². The first kappa shape index (κ1) is 12.2. The van der Waals surface area contributed by atoms with E-state index in [1.54, 1.807) is 0 Å². The van der Waals surface area contributed by atoms with Gasteiger partial charge >= 0.3 is 0 Å². The molecule has 0 saturated heterocycles. The van der Waals surface area contributed by atoms with Gasteiger partial charge in [0.25, 0.3) is 0 Å². The first-order valence-electron chi connectivity index (χ1n) is 6.66. The summed E-state index contributed by atoms with van der Waals surface area (Å²) in [5, 5.41) is 14.0. The average Bonchev–Trinajstić information content (AvgIpc) is 3.21. The number of nitrogens with one attached hydrogen (secondary N) is 1. The number of hydrogen-bond acceptors (Lipinski definition) is 2. The Hall–Kier alpha value is -1.81. The highest BCUT2D eigenvalue weighted by Crippen LogP contribution is 2.29. The Labute approximate surface area is 112 Å². The van der Waals surface area contributed by atoms with E-state index >= 15 is 0 Å². The van der Waals surface area contributed by atoms with Gasteiger partial charge in [-0.2, -0.15) is 0 Å². The van der Waals surface area contributed by atoms with E-state index in [0.717, 1.165) is 29.3 Å². The Morgan fingerprint density at radius 3 is 3.00 bits per heavy atom. The molecule has 1 aliphatic rings. The Balaban J connectivity index is 1.69. The predicted octanol–water partition coefficient (Wildman–Crippen LogP) is 1.74. The summed E-state index contributed by atoms with van der Waals surface area (Å²) in [6.45, 7) is 0.285. The number of hydrogen-bond donors (Lipinski definition) is 2. The lowest BCUT2D eigenvalue weighted by Crippen LogP contribution is -2.29. The van der Waals surface area contributed by atoms with Crippen LogP contribution >= 0.6 is 0 Å². The quantitative estimate of drug-likeness (QED) is 0.877. The molecule has 3 rings (SSSR count). The van der Waals surface area contributed by atoms with E-state index in [4.69, 9.17) is 0 Å². The fraction of sp³-hybridized carbons (Fsp3) is 0.400. The van der Waals surface area contributed by atoms with Gasteiger partial charge in [0.05, 0.1) is 6.10 Å². The van der Waals surface area contributed by atoms with Gasteiger partial charge < -0.3 is 15.0 Å². The lowest BCUT2D eigenvalue weighted by atomic mass is 10.1. The maximum absolute atomic E-state index is 11.5. The minimum Gasteiger partial charge on any atom is -0.387 e. The summed E-state index contributed by atoms with van der Waals surface area (Å²) in [6.07, 6.45) is 3.32. The second kappa shape index (κ2) is 4.70.